The minimum absolute atomic E-state index is 0.110. The standard InChI is InChI=1S/C28H24ClN7OS/c1-19-25(20(2)36(34-19)24-11-7-4-8-12-24)17-30-31-26(37)18-38-28-33-32-27(21-9-5-3-6-10-21)35(28)23-15-13-22(29)14-16-23/h3-17H,18H2,1-2H3,(H,31,37)/b30-17-. The molecule has 0 aliphatic carbocycles. The van der Waals surface area contributed by atoms with E-state index in [1.165, 1.54) is 11.8 Å². The summed E-state index contributed by atoms with van der Waals surface area (Å²) >= 11 is 7.38. The zero-order valence-corrected chi connectivity index (χ0v) is 22.3. The topological polar surface area (TPSA) is 90.0 Å². The Balaban J connectivity index is 1.29. The summed E-state index contributed by atoms with van der Waals surface area (Å²) in [5.74, 6) is 0.526. The van der Waals surface area contributed by atoms with E-state index < -0.39 is 0 Å². The summed E-state index contributed by atoms with van der Waals surface area (Å²) in [7, 11) is 0. The molecule has 190 valence electrons. The number of thioether (sulfide) groups is 1. The second-order valence-corrected chi connectivity index (χ2v) is 9.78. The Kier molecular flexibility index (Phi) is 7.67. The fourth-order valence-electron chi connectivity index (χ4n) is 3.95. The molecular weight excluding hydrogens is 518 g/mol. The van der Waals surface area contributed by atoms with Crippen LogP contribution in [0.2, 0.25) is 5.02 Å². The third-order valence-corrected chi connectivity index (χ3v) is 6.99. The monoisotopic (exact) mass is 541 g/mol. The van der Waals surface area contributed by atoms with Crippen LogP contribution in [0.3, 0.4) is 0 Å². The Morgan fingerprint density at radius 2 is 1.63 bits per heavy atom. The van der Waals surface area contributed by atoms with E-state index >= 15 is 0 Å². The van der Waals surface area contributed by atoms with E-state index in [0.29, 0.717) is 16.0 Å². The molecule has 2 heterocycles. The number of carbonyl (C=O) groups is 1. The smallest absolute Gasteiger partial charge is 0.250 e. The molecule has 10 heteroatoms. The lowest BCUT2D eigenvalue weighted by atomic mass is 10.2. The molecule has 1 N–H and O–H groups in total. The summed E-state index contributed by atoms with van der Waals surface area (Å²) in [6.07, 6.45) is 1.63. The summed E-state index contributed by atoms with van der Waals surface area (Å²) in [6.45, 7) is 3.89. The molecule has 0 atom stereocenters. The van der Waals surface area contributed by atoms with Crippen LogP contribution >= 0.6 is 23.4 Å². The van der Waals surface area contributed by atoms with Crippen molar-refractivity contribution in [1.29, 1.82) is 0 Å². The fourth-order valence-corrected chi connectivity index (χ4v) is 4.82. The van der Waals surface area contributed by atoms with Crippen LogP contribution in [0, 0.1) is 13.8 Å². The van der Waals surface area contributed by atoms with Gasteiger partial charge in [-0.05, 0) is 50.2 Å². The first-order valence-electron chi connectivity index (χ1n) is 11.8. The molecule has 38 heavy (non-hydrogen) atoms. The second kappa shape index (κ2) is 11.5. The van der Waals surface area contributed by atoms with Gasteiger partial charge in [0.15, 0.2) is 11.0 Å². The van der Waals surface area contributed by atoms with Gasteiger partial charge in [0, 0.05) is 21.8 Å². The van der Waals surface area contributed by atoms with Crippen molar-refractivity contribution in [2.45, 2.75) is 19.0 Å². The number of aryl methyl sites for hydroxylation is 1. The average molecular weight is 542 g/mol. The van der Waals surface area contributed by atoms with Crippen molar-refractivity contribution in [1.82, 2.24) is 30.0 Å². The van der Waals surface area contributed by atoms with Crippen LogP contribution in [0.5, 0.6) is 0 Å². The highest BCUT2D eigenvalue weighted by Crippen LogP contribution is 2.28. The number of amides is 1. The molecule has 5 aromatic rings. The van der Waals surface area contributed by atoms with Crippen LogP contribution in [-0.2, 0) is 4.79 Å². The maximum absolute atomic E-state index is 12.6. The molecule has 0 saturated heterocycles. The second-order valence-electron chi connectivity index (χ2n) is 8.40. The van der Waals surface area contributed by atoms with Gasteiger partial charge in [-0.15, -0.1) is 10.2 Å². The molecule has 3 aromatic carbocycles. The molecule has 8 nitrogen and oxygen atoms in total. The van der Waals surface area contributed by atoms with Gasteiger partial charge < -0.3 is 0 Å². The summed E-state index contributed by atoms with van der Waals surface area (Å²) in [6, 6.07) is 27.1. The number of nitrogens with one attached hydrogen (secondary N) is 1. The maximum atomic E-state index is 12.6. The molecule has 0 bridgehead atoms. The third kappa shape index (κ3) is 5.53. The Hall–Kier alpha value is -4.21. The van der Waals surface area contributed by atoms with Gasteiger partial charge in [-0.3, -0.25) is 9.36 Å². The highest BCUT2D eigenvalue weighted by molar-refractivity contribution is 7.99. The van der Waals surface area contributed by atoms with Gasteiger partial charge in [0.2, 0.25) is 0 Å². The predicted octanol–water partition coefficient (Wildman–Crippen LogP) is 5.63. The molecule has 0 aliphatic heterocycles. The Morgan fingerprint density at radius 1 is 0.947 bits per heavy atom. The summed E-state index contributed by atoms with van der Waals surface area (Å²) < 4.78 is 3.78. The molecule has 1 amide bonds. The molecular formula is C28H24ClN7OS. The summed E-state index contributed by atoms with van der Waals surface area (Å²) in [4.78, 5) is 12.6. The lowest BCUT2D eigenvalue weighted by molar-refractivity contribution is -0.118. The molecule has 0 aliphatic rings. The number of hydrogen-bond acceptors (Lipinski definition) is 6. The molecule has 0 unspecified atom stereocenters. The SMILES string of the molecule is Cc1nn(-c2ccccc2)c(C)c1/C=N\NC(=O)CSc1nnc(-c2ccccc2)n1-c1ccc(Cl)cc1. The van der Waals surface area contributed by atoms with E-state index in [4.69, 9.17) is 11.6 Å². The normalized spacial score (nSPS) is 11.2. The van der Waals surface area contributed by atoms with Crippen LogP contribution in [0.15, 0.2) is 95.2 Å². The number of halogens is 1. The first-order chi connectivity index (χ1) is 18.5. The van der Waals surface area contributed by atoms with Crippen molar-refractivity contribution in [3.05, 3.63) is 107 Å². The zero-order valence-electron chi connectivity index (χ0n) is 20.7. The quantitative estimate of drug-likeness (QED) is 0.156. The van der Waals surface area contributed by atoms with Crippen molar-refractivity contribution in [2.75, 3.05) is 5.75 Å². The van der Waals surface area contributed by atoms with E-state index in [2.05, 4.69) is 25.8 Å². The minimum Gasteiger partial charge on any atom is -0.272 e. The van der Waals surface area contributed by atoms with Gasteiger partial charge >= 0.3 is 0 Å². The van der Waals surface area contributed by atoms with Crippen molar-refractivity contribution in [3.8, 4) is 22.8 Å². The van der Waals surface area contributed by atoms with E-state index in [1.807, 2.05) is 108 Å². The highest BCUT2D eigenvalue weighted by atomic mass is 35.5. The van der Waals surface area contributed by atoms with Crippen molar-refractivity contribution in [3.63, 3.8) is 0 Å². The predicted molar refractivity (Wildman–Crippen MR) is 151 cm³/mol. The van der Waals surface area contributed by atoms with Gasteiger partial charge in [-0.25, -0.2) is 10.1 Å². The number of nitrogens with zero attached hydrogens (tertiary/aromatic N) is 6. The van der Waals surface area contributed by atoms with Gasteiger partial charge in [-0.1, -0.05) is 71.9 Å². The molecule has 2 aromatic heterocycles. The van der Waals surface area contributed by atoms with Crippen LogP contribution < -0.4 is 5.43 Å². The van der Waals surface area contributed by atoms with Crippen molar-refractivity contribution in [2.24, 2.45) is 5.10 Å². The average Bonchev–Trinajstić information content (AvgIpc) is 3.49. The summed E-state index contributed by atoms with van der Waals surface area (Å²) in [5, 5.41) is 18.8. The molecule has 5 rings (SSSR count). The number of hydrazone groups is 1. The van der Waals surface area contributed by atoms with Gasteiger partial charge in [0.25, 0.3) is 5.91 Å². The number of rotatable bonds is 8. The first kappa shape index (κ1) is 25.4. The van der Waals surface area contributed by atoms with Gasteiger partial charge in [-0.2, -0.15) is 10.2 Å². The van der Waals surface area contributed by atoms with Crippen molar-refractivity contribution >= 4 is 35.5 Å². The first-order valence-corrected chi connectivity index (χ1v) is 13.2. The number of benzene rings is 3. The Labute approximate surface area is 229 Å². The van der Waals surface area contributed by atoms with Crippen LogP contribution in [0.1, 0.15) is 17.0 Å². The van der Waals surface area contributed by atoms with E-state index in [9.17, 15) is 4.79 Å². The van der Waals surface area contributed by atoms with Gasteiger partial charge in [0.1, 0.15) is 0 Å². The van der Waals surface area contributed by atoms with E-state index in [0.717, 1.165) is 33.9 Å². The lowest BCUT2D eigenvalue weighted by Crippen LogP contribution is -2.20. The van der Waals surface area contributed by atoms with Crippen molar-refractivity contribution < 1.29 is 4.79 Å². The molecule has 0 fully saturated rings. The van der Waals surface area contributed by atoms with Crippen LogP contribution in [0.25, 0.3) is 22.8 Å². The fraction of sp³-hybridized carbons (Fsp3) is 0.107. The van der Waals surface area contributed by atoms with Crippen LogP contribution in [0.4, 0.5) is 0 Å². The van der Waals surface area contributed by atoms with E-state index in [-0.39, 0.29) is 11.7 Å². The number of aromatic nitrogens is 5. The third-order valence-electron chi connectivity index (χ3n) is 5.81. The molecule has 0 saturated carbocycles. The number of carbonyl (C=O) groups excluding carboxylic acids is 1. The number of para-hydroxylation sites is 1. The summed E-state index contributed by atoms with van der Waals surface area (Å²) in [5.41, 5.74) is 7.95. The maximum Gasteiger partial charge on any atom is 0.250 e. The number of hydrogen-bond donors (Lipinski definition) is 1. The highest BCUT2D eigenvalue weighted by Gasteiger charge is 2.17. The zero-order chi connectivity index (χ0) is 26.5. The molecule has 0 radical (unpaired) electrons. The lowest BCUT2D eigenvalue weighted by Gasteiger charge is -2.10. The Bertz CT molecular complexity index is 1580. The Morgan fingerprint density at radius 3 is 2.34 bits per heavy atom. The van der Waals surface area contributed by atoms with E-state index in [1.54, 1.807) is 6.21 Å². The molecule has 0 spiro atoms. The minimum atomic E-state index is -0.260. The van der Waals surface area contributed by atoms with Crippen LogP contribution in [-0.4, -0.2) is 42.4 Å². The largest absolute Gasteiger partial charge is 0.272 e. The van der Waals surface area contributed by atoms with Gasteiger partial charge in [0.05, 0.1) is 29.0 Å².